The number of ether oxygens (including phenoxy) is 3. The lowest BCUT2D eigenvalue weighted by atomic mass is 10.1. The van der Waals surface area contributed by atoms with E-state index in [1.807, 2.05) is 6.92 Å². The third kappa shape index (κ3) is 5.00. The standard InChI is InChI=1S/C22H23N3O9/c1-5-12(2)33-19-16(25(29)30)9-13(10-18(19)31-3)8-15-20(26)24(22(28)23-15)11-14-6-7-17(34-14)21(27)32-4/h6-10,12H,5,11H2,1-4H3,(H,23,28)/b15-8-/t12-/m0/s1. The average molecular weight is 473 g/mol. The zero-order valence-corrected chi connectivity index (χ0v) is 18.9. The fourth-order valence-electron chi connectivity index (χ4n) is 3.09. The molecule has 0 aliphatic carbocycles. The molecule has 0 unspecified atom stereocenters. The number of methoxy groups -OCH3 is 2. The number of nitrogens with zero attached hydrogens (tertiary/aromatic N) is 2. The highest BCUT2D eigenvalue weighted by atomic mass is 16.6. The van der Waals surface area contributed by atoms with Crippen LogP contribution in [0, 0.1) is 10.1 Å². The number of nitro benzene ring substituents is 1. The predicted molar refractivity (Wildman–Crippen MR) is 117 cm³/mol. The van der Waals surface area contributed by atoms with E-state index in [4.69, 9.17) is 13.9 Å². The second kappa shape index (κ2) is 10.1. The zero-order valence-electron chi connectivity index (χ0n) is 18.9. The normalized spacial score (nSPS) is 15.3. The van der Waals surface area contributed by atoms with Crippen molar-refractivity contribution in [1.82, 2.24) is 10.2 Å². The van der Waals surface area contributed by atoms with E-state index in [1.54, 1.807) is 6.92 Å². The van der Waals surface area contributed by atoms with Crippen LogP contribution in [0.4, 0.5) is 10.5 Å². The molecule has 2 heterocycles. The molecule has 1 fully saturated rings. The number of imide groups is 1. The molecule has 3 amide bonds. The Labute approximate surface area is 194 Å². The van der Waals surface area contributed by atoms with Crippen molar-refractivity contribution in [2.75, 3.05) is 14.2 Å². The number of carbonyl (C=O) groups excluding carboxylic acids is 3. The van der Waals surface area contributed by atoms with Gasteiger partial charge in [0.05, 0.1) is 31.8 Å². The first-order valence-corrected chi connectivity index (χ1v) is 10.2. The third-order valence-corrected chi connectivity index (χ3v) is 5.00. The van der Waals surface area contributed by atoms with Gasteiger partial charge in [0, 0.05) is 6.07 Å². The first kappa shape index (κ1) is 24.3. The maximum Gasteiger partial charge on any atom is 0.373 e. The van der Waals surface area contributed by atoms with Crippen molar-refractivity contribution >= 4 is 29.7 Å². The number of benzene rings is 1. The van der Waals surface area contributed by atoms with Crippen molar-refractivity contribution < 1.29 is 37.9 Å². The molecule has 12 nitrogen and oxygen atoms in total. The minimum atomic E-state index is -0.717. The molecule has 1 atom stereocenters. The van der Waals surface area contributed by atoms with Crippen LogP contribution in [-0.4, -0.2) is 48.1 Å². The number of hydrogen-bond acceptors (Lipinski definition) is 9. The summed E-state index contributed by atoms with van der Waals surface area (Å²) in [5.41, 5.74) is -0.195. The Morgan fingerprint density at radius 1 is 1.29 bits per heavy atom. The number of nitro groups is 1. The van der Waals surface area contributed by atoms with Gasteiger partial charge in [0.1, 0.15) is 11.5 Å². The summed E-state index contributed by atoms with van der Waals surface area (Å²) < 4.78 is 20.8. The molecule has 0 saturated carbocycles. The molecule has 180 valence electrons. The molecular formula is C22H23N3O9. The number of furan rings is 1. The Morgan fingerprint density at radius 3 is 2.65 bits per heavy atom. The quantitative estimate of drug-likeness (QED) is 0.190. The van der Waals surface area contributed by atoms with Crippen molar-refractivity contribution in [3.8, 4) is 11.5 Å². The molecule has 1 aromatic heterocycles. The van der Waals surface area contributed by atoms with Gasteiger partial charge in [0.15, 0.2) is 5.75 Å². The number of rotatable bonds is 9. The third-order valence-electron chi connectivity index (χ3n) is 5.00. The minimum Gasteiger partial charge on any atom is -0.493 e. The molecule has 0 radical (unpaired) electrons. The van der Waals surface area contributed by atoms with E-state index in [-0.39, 0.29) is 52.6 Å². The number of urea groups is 1. The molecule has 0 spiro atoms. The number of esters is 1. The van der Waals surface area contributed by atoms with E-state index in [0.29, 0.717) is 6.42 Å². The van der Waals surface area contributed by atoms with Crippen LogP contribution in [-0.2, 0) is 16.1 Å². The summed E-state index contributed by atoms with van der Waals surface area (Å²) in [5, 5.41) is 14.1. The highest BCUT2D eigenvalue weighted by Gasteiger charge is 2.35. The zero-order chi connectivity index (χ0) is 25.0. The van der Waals surface area contributed by atoms with Gasteiger partial charge < -0.3 is 23.9 Å². The Bertz CT molecular complexity index is 1170. The predicted octanol–water partition coefficient (Wildman–Crippen LogP) is 3.25. The van der Waals surface area contributed by atoms with Crippen LogP contribution in [0.25, 0.3) is 6.08 Å². The van der Waals surface area contributed by atoms with Crippen LogP contribution < -0.4 is 14.8 Å². The highest BCUT2D eigenvalue weighted by molar-refractivity contribution is 6.13. The fourth-order valence-corrected chi connectivity index (χ4v) is 3.09. The molecule has 3 rings (SSSR count). The molecule has 12 heteroatoms. The topological polar surface area (TPSA) is 150 Å². The molecule has 2 aromatic rings. The maximum atomic E-state index is 12.8. The Kier molecular flexibility index (Phi) is 7.19. The summed E-state index contributed by atoms with van der Waals surface area (Å²) in [4.78, 5) is 48.6. The Morgan fingerprint density at radius 2 is 2.03 bits per heavy atom. The summed E-state index contributed by atoms with van der Waals surface area (Å²) in [6, 6.07) is 4.79. The second-order valence-corrected chi connectivity index (χ2v) is 7.30. The van der Waals surface area contributed by atoms with Gasteiger partial charge in [-0.15, -0.1) is 0 Å². The summed E-state index contributed by atoms with van der Waals surface area (Å²) in [5.74, 6) is -1.16. The van der Waals surface area contributed by atoms with Gasteiger partial charge >= 0.3 is 17.7 Å². The first-order chi connectivity index (χ1) is 16.2. The summed E-state index contributed by atoms with van der Waals surface area (Å²) >= 11 is 0. The van der Waals surface area contributed by atoms with Gasteiger partial charge in [-0.3, -0.25) is 19.8 Å². The molecule has 1 aromatic carbocycles. The second-order valence-electron chi connectivity index (χ2n) is 7.30. The molecule has 1 N–H and O–H groups in total. The van der Waals surface area contributed by atoms with Gasteiger partial charge in [-0.05, 0) is 43.2 Å². The van der Waals surface area contributed by atoms with Crippen LogP contribution in [0.2, 0.25) is 0 Å². The van der Waals surface area contributed by atoms with Gasteiger partial charge in [-0.25, -0.2) is 9.59 Å². The number of carbonyl (C=O) groups is 3. The van der Waals surface area contributed by atoms with Crippen LogP contribution in [0.1, 0.15) is 42.1 Å². The lowest BCUT2D eigenvalue weighted by Crippen LogP contribution is -2.30. The SMILES string of the molecule is CC[C@H](C)Oc1c(OC)cc(/C=C2\NC(=O)N(Cc3ccc(C(=O)OC)o3)C2=O)cc1[N+](=O)[O-]. The van der Waals surface area contributed by atoms with Crippen molar-refractivity contribution in [2.45, 2.75) is 32.9 Å². The lowest BCUT2D eigenvalue weighted by Gasteiger charge is -2.16. The van der Waals surface area contributed by atoms with E-state index >= 15 is 0 Å². The van der Waals surface area contributed by atoms with Gasteiger partial charge in [0.25, 0.3) is 5.91 Å². The summed E-state index contributed by atoms with van der Waals surface area (Å²) in [7, 11) is 2.54. The number of hydrogen-bond donors (Lipinski definition) is 1. The monoisotopic (exact) mass is 473 g/mol. The molecule has 0 bridgehead atoms. The van der Waals surface area contributed by atoms with Crippen LogP contribution in [0.15, 0.2) is 34.4 Å². The largest absolute Gasteiger partial charge is 0.493 e. The smallest absolute Gasteiger partial charge is 0.373 e. The van der Waals surface area contributed by atoms with E-state index in [1.165, 1.54) is 44.6 Å². The van der Waals surface area contributed by atoms with E-state index in [2.05, 4.69) is 10.1 Å². The first-order valence-electron chi connectivity index (χ1n) is 10.2. The Hall–Kier alpha value is -4.35. The number of nitrogens with one attached hydrogen (secondary N) is 1. The van der Waals surface area contributed by atoms with E-state index in [0.717, 1.165) is 4.90 Å². The molecule has 1 saturated heterocycles. The maximum absolute atomic E-state index is 12.8. The average Bonchev–Trinajstić information content (AvgIpc) is 3.39. The van der Waals surface area contributed by atoms with Crippen LogP contribution in [0.3, 0.4) is 0 Å². The van der Waals surface area contributed by atoms with Crippen molar-refractivity contribution in [3.63, 3.8) is 0 Å². The van der Waals surface area contributed by atoms with Gasteiger partial charge in [-0.1, -0.05) is 6.92 Å². The highest BCUT2D eigenvalue weighted by Crippen LogP contribution is 2.40. The van der Waals surface area contributed by atoms with Gasteiger partial charge in [0.2, 0.25) is 11.5 Å². The number of amides is 3. The van der Waals surface area contributed by atoms with Crippen LogP contribution in [0.5, 0.6) is 11.5 Å². The summed E-state index contributed by atoms with van der Waals surface area (Å²) in [6.07, 6.45) is 1.63. The van der Waals surface area contributed by atoms with E-state index in [9.17, 15) is 24.5 Å². The van der Waals surface area contributed by atoms with Gasteiger partial charge in [-0.2, -0.15) is 0 Å². The van der Waals surface area contributed by atoms with Crippen LogP contribution >= 0.6 is 0 Å². The molecule has 1 aliphatic heterocycles. The van der Waals surface area contributed by atoms with E-state index < -0.39 is 22.8 Å². The lowest BCUT2D eigenvalue weighted by molar-refractivity contribution is -0.386. The fraction of sp³-hybridized carbons (Fsp3) is 0.318. The molecule has 1 aliphatic rings. The van der Waals surface area contributed by atoms with Crippen molar-refractivity contribution in [2.24, 2.45) is 0 Å². The molecular weight excluding hydrogens is 450 g/mol. The van der Waals surface area contributed by atoms with Crippen molar-refractivity contribution in [1.29, 1.82) is 0 Å². The van der Waals surface area contributed by atoms with Crippen molar-refractivity contribution in [3.05, 3.63) is 57.2 Å². The summed E-state index contributed by atoms with van der Waals surface area (Å²) in [6.45, 7) is 3.42. The minimum absolute atomic E-state index is 0.0216. The molecule has 34 heavy (non-hydrogen) atoms. The Balaban J connectivity index is 1.89.